The van der Waals surface area contributed by atoms with Crippen LogP contribution in [0.25, 0.3) is 0 Å². The summed E-state index contributed by atoms with van der Waals surface area (Å²) in [6.07, 6.45) is 0. The minimum absolute atomic E-state index is 0.0847. The highest BCUT2D eigenvalue weighted by molar-refractivity contribution is 6.33. The lowest BCUT2D eigenvalue weighted by molar-refractivity contribution is 0.291. The van der Waals surface area contributed by atoms with Crippen molar-refractivity contribution in [1.29, 1.82) is 0 Å². The molecule has 0 fully saturated rings. The average Bonchev–Trinajstić information content (AvgIpc) is 2.47. The Morgan fingerprint density at radius 2 is 1.91 bits per heavy atom. The Balaban J connectivity index is 2.02. The summed E-state index contributed by atoms with van der Waals surface area (Å²) in [7, 11) is 0. The third-order valence-electron chi connectivity index (χ3n) is 3.31. The summed E-state index contributed by atoms with van der Waals surface area (Å²) in [6.45, 7) is 2.64. The van der Waals surface area contributed by atoms with Gasteiger partial charge < -0.3 is 4.74 Å². The maximum Gasteiger partial charge on any atom is 0.244 e. The van der Waals surface area contributed by atoms with Gasteiger partial charge in [0.05, 0.1) is 17.3 Å². The molecule has 0 saturated heterocycles. The van der Waals surface area contributed by atoms with Crippen molar-refractivity contribution in [2.45, 2.75) is 6.92 Å². The first-order valence-electron chi connectivity index (χ1n) is 6.76. The van der Waals surface area contributed by atoms with E-state index < -0.39 is 11.6 Å². The topological polar surface area (TPSA) is 24.8 Å². The van der Waals surface area contributed by atoms with Crippen molar-refractivity contribution in [3.05, 3.63) is 64.2 Å². The molecule has 2 aromatic rings. The Kier molecular flexibility index (Phi) is 3.98. The van der Waals surface area contributed by atoms with Gasteiger partial charge in [-0.2, -0.15) is 0 Å². The molecule has 114 valence electrons. The molecule has 1 aliphatic rings. The van der Waals surface area contributed by atoms with Crippen LogP contribution in [0.4, 0.5) is 14.5 Å². The van der Waals surface area contributed by atoms with Crippen LogP contribution in [0.1, 0.15) is 11.1 Å². The zero-order chi connectivity index (χ0) is 15.7. The van der Waals surface area contributed by atoms with Gasteiger partial charge in [0.2, 0.25) is 5.90 Å². The first-order valence-corrected chi connectivity index (χ1v) is 7.13. The lowest BCUT2D eigenvalue weighted by Gasteiger charge is -2.26. The van der Waals surface area contributed by atoms with Crippen LogP contribution in [0, 0.1) is 18.6 Å². The fourth-order valence-electron chi connectivity index (χ4n) is 2.24. The van der Waals surface area contributed by atoms with Gasteiger partial charge in [-0.1, -0.05) is 23.7 Å². The van der Waals surface area contributed by atoms with Gasteiger partial charge in [-0.3, -0.25) is 5.01 Å². The van der Waals surface area contributed by atoms with Crippen molar-refractivity contribution >= 4 is 23.2 Å². The molecule has 0 N–H and O–H groups in total. The largest absolute Gasteiger partial charge is 0.474 e. The fraction of sp³-hybridized carbons (Fsp3) is 0.188. The molecule has 3 nitrogen and oxygen atoms in total. The van der Waals surface area contributed by atoms with Crippen molar-refractivity contribution in [3.8, 4) is 0 Å². The van der Waals surface area contributed by atoms with Crippen molar-refractivity contribution in [3.63, 3.8) is 0 Å². The van der Waals surface area contributed by atoms with Crippen LogP contribution in [0.3, 0.4) is 0 Å². The van der Waals surface area contributed by atoms with Crippen LogP contribution in [0.2, 0.25) is 5.02 Å². The predicted molar refractivity (Wildman–Crippen MR) is 82.4 cm³/mol. The van der Waals surface area contributed by atoms with Crippen molar-refractivity contribution < 1.29 is 13.5 Å². The van der Waals surface area contributed by atoms with E-state index in [1.54, 1.807) is 5.01 Å². The van der Waals surface area contributed by atoms with Crippen LogP contribution >= 0.6 is 11.6 Å². The molecule has 0 bridgehead atoms. The average molecular weight is 323 g/mol. The molecule has 22 heavy (non-hydrogen) atoms. The smallest absolute Gasteiger partial charge is 0.244 e. The number of benzene rings is 2. The van der Waals surface area contributed by atoms with Gasteiger partial charge in [-0.25, -0.2) is 8.78 Å². The fourth-order valence-corrected chi connectivity index (χ4v) is 2.57. The van der Waals surface area contributed by atoms with E-state index in [-0.39, 0.29) is 18.1 Å². The van der Waals surface area contributed by atoms with Gasteiger partial charge in [0, 0.05) is 0 Å². The molecule has 0 saturated carbocycles. The quantitative estimate of drug-likeness (QED) is 0.830. The highest BCUT2D eigenvalue weighted by Gasteiger charge is 2.23. The van der Waals surface area contributed by atoms with Crippen molar-refractivity contribution in [2.24, 2.45) is 5.10 Å². The number of anilines is 1. The molecule has 0 aromatic heterocycles. The molecule has 0 unspecified atom stereocenters. The molecule has 0 atom stereocenters. The number of nitrogens with zero attached hydrogens (tertiary/aromatic N) is 2. The number of rotatable bonds is 2. The minimum Gasteiger partial charge on any atom is -0.474 e. The molecule has 0 amide bonds. The van der Waals surface area contributed by atoms with Crippen molar-refractivity contribution in [1.82, 2.24) is 0 Å². The second-order valence-corrected chi connectivity index (χ2v) is 5.34. The Hall–Kier alpha value is -2.14. The Morgan fingerprint density at radius 3 is 2.59 bits per heavy atom. The molecular formula is C16H13ClF2N2O. The van der Waals surface area contributed by atoms with E-state index in [4.69, 9.17) is 16.3 Å². The normalized spacial score (nSPS) is 14.5. The zero-order valence-corrected chi connectivity index (χ0v) is 12.6. The summed E-state index contributed by atoms with van der Waals surface area (Å²) in [6, 6.07) is 9.17. The summed E-state index contributed by atoms with van der Waals surface area (Å²) >= 11 is 6.22. The van der Waals surface area contributed by atoms with Crippen molar-refractivity contribution in [2.75, 3.05) is 18.2 Å². The van der Waals surface area contributed by atoms with E-state index in [2.05, 4.69) is 5.10 Å². The van der Waals surface area contributed by atoms with E-state index >= 15 is 0 Å². The van der Waals surface area contributed by atoms with Crippen LogP contribution in [0.5, 0.6) is 0 Å². The van der Waals surface area contributed by atoms with Gasteiger partial charge in [0.25, 0.3) is 0 Å². The molecule has 2 aromatic carbocycles. The summed E-state index contributed by atoms with van der Waals surface area (Å²) in [4.78, 5) is 0. The second kappa shape index (κ2) is 5.93. The molecule has 3 rings (SSSR count). The molecule has 0 aliphatic carbocycles. The second-order valence-electron chi connectivity index (χ2n) is 4.93. The molecule has 6 heteroatoms. The summed E-state index contributed by atoms with van der Waals surface area (Å²) in [5.74, 6) is -1.51. The summed E-state index contributed by atoms with van der Waals surface area (Å²) < 4.78 is 33.0. The monoisotopic (exact) mass is 322 g/mol. The lowest BCUT2D eigenvalue weighted by Crippen LogP contribution is -2.32. The molecule has 1 heterocycles. The van der Waals surface area contributed by atoms with Gasteiger partial charge in [0.1, 0.15) is 23.8 Å². The first kappa shape index (κ1) is 14.8. The number of hydrazone groups is 1. The third-order valence-corrected chi connectivity index (χ3v) is 3.61. The predicted octanol–water partition coefficient (Wildman–Crippen LogP) is 4.13. The van der Waals surface area contributed by atoms with E-state index in [0.717, 1.165) is 5.56 Å². The summed E-state index contributed by atoms with van der Waals surface area (Å²) in [5.41, 5.74) is 1.42. The molecule has 0 spiro atoms. The van der Waals surface area contributed by atoms with E-state index in [1.807, 2.05) is 25.1 Å². The maximum absolute atomic E-state index is 13.9. The number of ether oxygens (including phenoxy) is 1. The minimum atomic E-state index is -0.712. The Bertz CT molecular complexity index is 729. The lowest BCUT2D eigenvalue weighted by atomic mass is 10.2. The molecular weight excluding hydrogens is 310 g/mol. The number of hydrogen-bond acceptors (Lipinski definition) is 3. The van der Waals surface area contributed by atoms with Gasteiger partial charge in [-0.15, -0.1) is 5.10 Å². The number of aryl methyl sites for hydroxylation is 1. The van der Waals surface area contributed by atoms with Crippen LogP contribution in [0.15, 0.2) is 41.5 Å². The first-order chi connectivity index (χ1) is 10.6. The van der Waals surface area contributed by atoms with Crippen LogP contribution in [-0.4, -0.2) is 19.0 Å². The van der Waals surface area contributed by atoms with Gasteiger partial charge in [-0.05, 0) is 36.8 Å². The third kappa shape index (κ3) is 2.76. The van der Waals surface area contributed by atoms with Gasteiger partial charge >= 0.3 is 0 Å². The highest BCUT2D eigenvalue weighted by Crippen LogP contribution is 2.28. The zero-order valence-electron chi connectivity index (χ0n) is 11.8. The number of halogens is 3. The maximum atomic E-state index is 13.9. The van der Waals surface area contributed by atoms with Crippen LogP contribution in [-0.2, 0) is 4.74 Å². The van der Waals surface area contributed by atoms with Gasteiger partial charge in [0.15, 0.2) is 0 Å². The van der Waals surface area contributed by atoms with E-state index in [0.29, 0.717) is 17.3 Å². The number of hydrogen-bond donors (Lipinski definition) is 0. The van der Waals surface area contributed by atoms with Crippen LogP contribution < -0.4 is 5.01 Å². The SMILES string of the molecule is Cc1ccc(N2CCOC(c3c(F)cccc3F)=N2)c(Cl)c1. The van der Waals surface area contributed by atoms with E-state index in [1.165, 1.54) is 18.2 Å². The van der Waals surface area contributed by atoms with E-state index in [9.17, 15) is 8.78 Å². The Labute approximate surface area is 131 Å². The molecule has 1 aliphatic heterocycles. The highest BCUT2D eigenvalue weighted by atomic mass is 35.5. The summed E-state index contributed by atoms with van der Waals surface area (Å²) in [5, 5.41) is 6.31. The Morgan fingerprint density at radius 1 is 1.18 bits per heavy atom. The molecule has 0 radical (unpaired) electrons. The standard InChI is InChI=1S/C16H13ClF2N2O/c1-10-5-6-14(11(17)9-10)21-7-8-22-16(20-21)15-12(18)3-2-4-13(15)19/h2-6,9H,7-8H2,1H3.